The maximum absolute atomic E-state index is 12.1. The molecule has 2 rings (SSSR count). The van der Waals surface area contributed by atoms with Crippen molar-refractivity contribution < 1.29 is 9.53 Å². The number of carbonyl (C=O) groups excluding carboxylic acids is 1. The van der Waals surface area contributed by atoms with Gasteiger partial charge in [-0.2, -0.15) is 5.26 Å². The highest BCUT2D eigenvalue weighted by Gasteiger charge is 2.21. The predicted molar refractivity (Wildman–Crippen MR) is 71.1 cm³/mol. The third-order valence-electron chi connectivity index (χ3n) is 3.72. The largest absolute Gasteiger partial charge is 0.387 e. The number of carbonyl (C=O) groups is 1. The van der Waals surface area contributed by atoms with Crippen molar-refractivity contribution in [1.82, 2.24) is 10.2 Å². The number of hydrogen-bond donors (Lipinski definition) is 1. The van der Waals surface area contributed by atoms with Gasteiger partial charge in [0.1, 0.15) is 11.6 Å². The molecule has 1 aliphatic carbocycles. The topological polar surface area (TPSA) is 65.4 Å². The summed E-state index contributed by atoms with van der Waals surface area (Å²) in [5, 5.41) is 12.3. The summed E-state index contributed by atoms with van der Waals surface area (Å²) in [5.41, 5.74) is 0.201. The van der Waals surface area contributed by atoms with Crippen LogP contribution in [0.4, 0.5) is 0 Å². The molecule has 1 heterocycles. The summed E-state index contributed by atoms with van der Waals surface area (Å²) in [7, 11) is 0. The van der Waals surface area contributed by atoms with E-state index < -0.39 is 0 Å². The lowest BCUT2D eigenvalue weighted by Gasteiger charge is -2.27. The van der Waals surface area contributed by atoms with Gasteiger partial charge in [-0.15, -0.1) is 0 Å². The summed E-state index contributed by atoms with van der Waals surface area (Å²) in [6.45, 7) is 2.25. The van der Waals surface area contributed by atoms with Crippen molar-refractivity contribution in [3.05, 3.63) is 11.8 Å². The minimum Gasteiger partial charge on any atom is -0.387 e. The summed E-state index contributed by atoms with van der Waals surface area (Å²) in [6, 6.07) is 2.42. The fourth-order valence-corrected chi connectivity index (χ4v) is 2.55. The van der Waals surface area contributed by atoms with Crippen molar-refractivity contribution in [1.29, 1.82) is 5.26 Å². The lowest BCUT2D eigenvalue weighted by atomic mass is 9.96. The number of amides is 1. The molecule has 0 bridgehead atoms. The highest BCUT2D eigenvalue weighted by molar-refractivity contribution is 5.97. The van der Waals surface area contributed by atoms with Crippen LogP contribution in [0.3, 0.4) is 0 Å². The fraction of sp³-hybridized carbons (Fsp3) is 0.714. The van der Waals surface area contributed by atoms with Crippen LogP contribution in [0.2, 0.25) is 0 Å². The molecule has 5 nitrogen and oxygen atoms in total. The van der Waals surface area contributed by atoms with Gasteiger partial charge in [0.15, 0.2) is 0 Å². The highest BCUT2D eigenvalue weighted by atomic mass is 16.5. The third kappa shape index (κ3) is 3.97. The number of morpholine rings is 1. The Kier molecular flexibility index (Phi) is 5.22. The molecule has 0 radical (unpaired) electrons. The van der Waals surface area contributed by atoms with Crippen LogP contribution in [0.15, 0.2) is 11.8 Å². The zero-order valence-corrected chi connectivity index (χ0v) is 11.2. The number of nitrogens with zero attached hydrogens (tertiary/aromatic N) is 2. The van der Waals surface area contributed by atoms with E-state index in [0.717, 1.165) is 12.8 Å². The molecule has 5 heteroatoms. The second-order valence-corrected chi connectivity index (χ2v) is 5.08. The van der Waals surface area contributed by atoms with Gasteiger partial charge in [-0.25, -0.2) is 0 Å². The number of nitriles is 1. The van der Waals surface area contributed by atoms with Crippen LogP contribution in [-0.4, -0.2) is 43.2 Å². The molecule has 0 aromatic heterocycles. The first-order valence-electron chi connectivity index (χ1n) is 7.04. The molecule has 0 aromatic rings. The molecule has 0 spiro atoms. The van der Waals surface area contributed by atoms with E-state index in [1.54, 1.807) is 11.1 Å². The molecule has 0 unspecified atom stereocenters. The quantitative estimate of drug-likeness (QED) is 0.613. The maximum atomic E-state index is 12.1. The second kappa shape index (κ2) is 7.15. The first kappa shape index (κ1) is 13.9. The monoisotopic (exact) mass is 263 g/mol. The van der Waals surface area contributed by atoms with Crippen LogP contribution in [-0.2, 0) is 9.53 Å². The van der Waals surface area contributed by atoms with Crippen LogP contribution >= 0.6 is 0 Å². The van der Waals surface area contributed by atoms with Gasteiger partial charge in [-0.1, -0.05) is 19.3 Å². The zero-order chi connectivity index (χ0) is 13.5. The summed E-state index contributed by atoms with van der Waals surface area (Å²) >= 11 is 0. The highest BCUT2D eigenvalue weighted by Crippen LogP contribution is 2.17. The molecule has 0 aromatic carbocycles. The van der Waals surface area contributed by atoms with Crippen molar-refractivity contribution in [2.24, 2.45) is 0 Å². The van der Waals surface area contributed by atoms with Crippen LogP contribution < -0.4 is 5.32 Å². The molecular weight excluding hydrogens is 242 g/mol. The number of hydrogen-bond acceptors (Lipinski definition) is 4. The summed E-state index contributed by atoms with van der Waals surface area (Å²) in [6.07, 6.45) is 7.60. The minimum absolute atomic E-state index is 0.186. The van der Waals surface area contributed by atoms with E-state index in [0.29, 0.717) is 32.3 Å². The Labute approximate surface area is 114 Å². The molecule has 1 N–H and O–H groups in total. The number of rotatable bonds is 3. The standard InChI is InChI=1S/C14H21N3O2/c15-10-12(11-16-13-4-2-1-3-5-13)14(18)17-6-8-19-9-7-17/h11,13,16H,1-9H2/b12-11-. The van der Waals surface area contributed by atoms with E-state index in [1.165, 1.54) is 19.3 Å². The Hall–Kier alpha value is -1.54. The SMILES string of the molecule is N#C/C(=C/NC1CCCCC1)C(=O)N1CCOCC1. The minimum atomic E-state index is -0.186. The van der Waals surface area contributed by atoms with E-state index in [-0.39, 0.29) is 11.5 Å². The van der Waals surface area contributed by atoms with E-state index in [1.807, 2.05) is 6.07 Å². The lowest BCUT2D eigenvalue weighted by molar-refractivity contribution is -0.130. The molecule has 104 valence electrons. The van der Waals surface area contributed by atoms with Crippen LogP contribution in [0.1, 0.15) is 32.1 Å². The summed E-state index contributed by atoms with van der Waals surface area (Å²) in [4.78, 5) is 13.8. The van der Waals surface area contributed by atoms with Crippen molar-refractivity contribution in [3.8, 4) is 6.07 Å². The zero-order valence-electron chi connectivity index (χ0n) is 11.2. The molecule has 2 fully saturated rings. The molecule has 19 heavy (non-hydrogen) atoms. The van der Waals surface area contributed by atoms with Gasteiger partial charge >= 0.3 is 0 Å². The van der Waals surface area contributed by atoms with Crippen molar-refractivity contribution in [2.45, 2.75) is 38.1 Å². The summed E-state index contributed by atoms with van der Waals surface area (Å²) < 4.78 is 5.21. The first-order valence-corrected chi connectivity index (χ1v) is 7.04. The van der Waals surface area contributed by atoms with E-state index in [2.05, 4.69) is 5.32 Å². The predicted octanol–water partition coefficient (Wildman–Crippen LogP) is 1.17. The van der Waals surface area contributed by atoms with Gasteiger partial charge in [0.25, 0.3) is 5.91 Å². The molecule has 2 aliphatic rings. The Bertz CT molecular complexity index is 375. The van der Waals surface area contributed by atoms with Gasteiger partial charge in [0.05, 0.1) is 13.2 Å². The molecule has 0 atom stereocenters. The third-order valence-corrected chi connectivity index (χ3v) is 3.72. The second-order valence-electron chi connectivity index (χ2n) is 5.08. The molecule has 1 aliphatic heterocycles. The first-order chi connectivity index (χ1) is 9.31. The molecule has 1 saturated carbocycles. The van der Waals surface area contributed by atoms with Gasteiger partial charge in [0, 0.05) is 25.3 Å². The number of ether oxygens (including phenoxy) is 1. The maximum Gasteiger partial charge on any atom is 0.266 e. The van der Waals surface area contributed by atoms with Gasteiger partial charge in [-0.3, -0.25) is 4.79 Å². The fourth-order valence-electron chi connectivity index (χ4n) is 2.55. The van der Waals surface area contributed by atoms with Gasteiger partial charge < -0.3 is 15.0 Å². The smallest absolute Gasteiger partial charge is 0.266 e. The molecule has 1 saturated heterocycles. The Morgan fingerprint density at radius 1 is 1.26 bits per heavy atom. The van der Waals surface area contributed by atoms with Crippen molar-refractivity contribution in [2.75, 3.05) is 26.3 Å². The van der Waals surface area contributed by atoms with Gasteiger partial charge in [0.2, 0.25) is 0 Å². The van der Waals surface area contributed by atoms with Crippen LogP contribution in [0.5, 0.6) is 0 Å². The Morgan fingerprint density at radius 2 is 1.95 bits per heavy atom. The van der Waals surface area contributed by atoms with Crippen LogP contribution in [0, 0.1) is 11.3 Å². The van der Waals surface area contributed by atoms with E-state index in [4.69, 9.17) is 10.00 Å². The van der Waals surface area contributed by atoms with E-state index >= 15 is 0 Å². The average molecular weight is 263 g/mol. The Balaban J connectivity index is 1.90. The molecule has 1 amide bonds. The van der Waals surface area contributed by atoms with Gasteiger partial charge in [-0.05, 0) is 12.8 Å². The van der Waals surface area contributed by atoms with Crippen molar-refractivity contribution in [3.63, 3.8) is 0 Å². The average Bonchev–Trinajstić information content (AvgIpc) is 2.49. The number of nitrogens with one attached hydrogen (secondary N) is 1. The Morgan fingerprint density at radius 3 is 2.58 bits per heavy atom. The molecular formula is C14H21N3O2. The van der Waals surface area contributed by atoms with E-state index in [9.17, 15) is 4.79 Å². The van der Waals surface area contributed by atoms with Crippen LogP contribution in [0.25, 0.3) is 0 Å². The summed E-state index contributed by atoms with van der Waals surface area (Å²) in [5.74, 6) is -0.186. The lowest BCUT2D eigenvalue weighted by Crippen LogP contribution is -2.41. The van der Waals surface area contributed by atoms with Crippen molar-refractivity contribution >= 4 is 5.91 Å². The normalized spacial score (nSPS) is 21.8.